The number of carbonyl (C=O) groups is 1. The van der Waals surface area contributed by atoms with Crippen LogP contribution in [0.25, 0.3) is 5.57 Å². The third-order valence-electron chi connectivity index (χ3n) is 8.76. The number of rotatable bonds is 14. The number of nitrogens with one attached hydrogen (secondary N) is 1. The Labute approximate surface area is 329 Å². The zero-order valence-electron chi connectivity index (χ0n) is 37.8. The molecular formula is C49H83FN2O. The van der Waals surface area contributed by atoms with Crippen LogP contribution >= 0.6 is 0 Å². The van der Waals surface area contributed by atoms with Crippen LogP contribution in [-0.2, 0) is 10.2 Å². The highest BCUT2D eigenvalue weighted by Gasteiger charge is 2.33. The van der Waals surface area contributed by atoms with E-state index in [2.05, 4.69) is 78.0 Å². The number of benzene rings is 1. The molecule has 1 aromatic rings. The number of hydrogen-bond donors (Lipinski definition) is 1. The predicted molar refractivity (Wildman–Crippen MR) is 239 cm³/mol. The summed E-state index contributed by atoms with van der Waals surface area (Å²) in [5.74, 6) is 2.81. The Morgan fingerprint density at radius 1 is 1.06 bits per heavy atom. The minimum atomic E-state index is -0.563. The van der Waals surface area contributed by atoms with Crippen LogP contribution in [0.4, 0.5) is 4.39 Å². The molecule has 0 bridgehead atoms. The van der Waals surface area contributed by atoms with E-state index in [1.165, 1.54) is 31.8 Å². The number of halogens is 1. The smallest absolute Gasteiger partial charge is 0.146 e. The van der Waals surface area contributed by atoms with Crippen molar-refractivity contribution in [2.45, 2.75) is 169 Å². The molecule has 0 amide bonds. The van der Waals surface area contributed by atoms with Crippen LogP contribution in [0.5, 0.6) is 0 Å². The molecule has 1 aliphatic rings. The summed E-state index contributed by atoms with van der Waals surface area (Å²) >= 11 is 0. The van der Waals surface area contributed by atoms with Gasteiger partial charge in [0.05, 0.1) is 11.4 Å². The molecule has 53 heavy (non-hydrogen) atoms. The molecule has 2 rings (SSSR count). The van der Waals surface area contributed by atoms with Gasteiger partial charge in [-0.15, -0.1) is 0 Å². The number of carbonyl (C=O) groups excluding carboxylic acids is 1. The van der Waals surface area contributed by atoms with Gasteiger partial charge >= 0.3 is 0 Å². The second kappa shape index (κ2) is 30.1. The van der Waals surface area contributed by atoms with Gasteiger partial charge in [-0.3, -0.25) is 9.79 Å². The molecule has 1 saturated carbocycles. The van der Waals surface area contributed by atoms with Gasteiger partial charge in [0, 0.05) is 23.2 Å². The van der Waals surface area contributed by atoms with Gasteiger partial charge in [0.15, 0.2) is 0 Å². The second-order valence-electron chi connectivity index (χ2n) is 15.2. The van der Waals surface area contributed by atoms with Crippen molar-refractivity contribution >= 4 is 17.6 Å². The maximum Gasteiger partial charge on any atom is 0.146 e. The number of ketones is 1. The summed E-state index contributed by atoms with van der Waals surface area (Å²) in [6.07, 6.45) is 15.7. The van der Waals surface area contributed by atoms with Crippen molar-refractivity contribution < 1.29 is 9.18 Å². The zero-order valence-corrected chi connectivity index (χ0v) is 37.8. The van der Waals surface area contributed by atoms with Crippen LogP contribution < -0.4 is 5.32 Å². The van der Waals surface area contributed by atoms with Crippen LogP contribution in [0.3, 0.4) is 0 Å². The van der Waals surface area contributed by atoms with Gasteiger partial charge in [-0.2, -0.15) is 0 Å². The number of Topliss-reactive ketones (excluding diaryl/α,β-unsaturated/α-hetero) is 1. The van der Waals surface area contributed by atoms with E-state index in [1.807, 2.05) is 101 Å². The Morgan fingerprint density at radius 3 is 1.96 bits per heavy atom. The molecule has 0 heterocycles. The molecule has 1 aromatic carbocycles. The summed E-state index contributed by atoms with van der Waals surface area (Å²) in [6.45, 7) is 45.0. The van der Waals surface area contributed by atoms with Gasteiger partial charge in [-0.1, -0.05) is 133 Å². The molecule has 0 aliphatic heterocycles. The van der Waals surface area contributed by atoms with Crippen LogP contribution in [0.15, 0.2) is 89.1 Å². The average Bonchev–Trinajstić information content (AvgIpc) is 3.11. The van der Waals surface area contributed by atoms with E-state index in [9.17, 15) is 9.18 Å². The molecule has 1 fully saturated rings. The molecule has 0 spiro atoms. The normalized spacial score (nSPS) is 16.9. The van der Waals surface area contributed by atoms with E-state index in [0.717, 1.165) is 69.8 Å². The van der Waals surface area contributed by atoms with Crippen molar-refractivity contribution in [3.05, 3.63) is 101 Å². The van der Waals surface area contributed by atoms with Crippen molar-refractivity contribution in [2.75, 3.05) is 0 Å². The standard InChI is InChI=1S/C33H45FN2O.C7H14.C4H10.C3H8.C2H6/c1-12-16-30(29(34)15-4)36-26(9)25(8)31(35-19-13-2)21-23(6)27-17-18-28(24(7)20-27)33(10,11)32(37)22(5)14-3;1-3-7-4-6(2)5-7;1-4(2)3;1-3-2;1-2/h12,15-22,36H,4,6,13-14H2,1-3,5,7-11H3;6-7H,3-5H2,1-2H3;4H,1-3H3;3H2,1-2H3;1-2H3/b16-12-,26-25+,30-29-,31-21+,35-19?;;;;. The van der Waals surface area contributed by atoms with Gasteiger partial charge in [0.1, 0.15) is 11.6 Å². The first-order valence-electron chi connectivity index (χ1n) is 20.5. The molecule has 0 saturated heterocycles. The minimum Gasteiger partial charge on any atom is -0.356 e. The van der Waals surface area contributed by atoms with Crippen molar-refractivity contribution in [3.8, 4) is 0 Å². The Bertz CT molecular complexity index is 1360. The van der Waals surface area contributed by atoms with E-state index in [0.29, 0.717) is 5.70 Å². The fourth-order valence-electron chi connectivity index (χ4n) is 5.53. The van der Waals surface area contributed by atoms with Gasteiger partial charge in [0.25, 0.3) is 0 Å². The van der Waals surface area contributed by atoms with Crippen molar-refractivity contribution in [1.29, 1.82) is 0 Å². The van der Waals surface area contributed by atoms with Crippen molar-refractivity contribution in [2.24, 2.45) is 28.7 Å². The topological polar surface area (TPSA) is 41.5 Å². The summed E-state index contributed by atoms with van der Waals surface area (Å²) in [7, 11) is 0. The summed E-state index contributed by atoms with van der Waals surface area (Å²) in [5, 5.41) is 3.15. The minimum absolute atomic E-state index is 0.0145. The summed E-state index contributed by atoms with van der Waals surface area (Å²) < 4.78 is 14.3. The summed E-state index contributed by atoms with van der Waals surface area (Å²) in [5.41, 5.74) is 6.02. The average molecular weight is 735 g/mol. The SMILES string of the molecule is C=C/C(F)=C(\C=C/C)N/C(C)=C(C)/C(=C\C(=C)c1ccc(C(C)(C)C(=O)C(C)CC)c(C)c1)N=CCC.CC.CC(C)C.CCC.CCC1CC(C)C1. The summed E-state index contributed by atoms with van der Waals surface area (Å²) in [4.78, 5) is 17.7. The van der Waals surface area contributed by atoms with Gasteiger partial charge < -0.3 is 5.32 Å². The Hall–Kier alpha value is -3.27. The quantitative estimate of drug-likeness (QED) is 0.153. The lowest BCUT2D eigenvalue weighted by Crippen LogP contribution is -2.34. The van der Waals surface area contributed by atoms with Crippen molar-refractivity contribution in [3.63, 3.8) is 0 Å². The monoisotopic (exact) mass is 735 g/mol. The van der Waals surface area contributed by atoms with E-state index >= 15 is 0 Å². The Balaban J connectivity index is -0.00000129. The maximum absolute atomic E-state index is 14.3. The van der Waals surface area contributed by atoms with Gasteiger partial charge in [-0.05, 0) is 131 Å². The molecule has 0 aromatic heterocycles. The van der Waals surface area contributed by atoms with Gasteiger partial charge in [-0.25, -0.2) is 4.39 Å². The molecule has 1 unspecified atom stereocenters. The lowest BCUT2D eigenvalue weighted by molar-refractivity contribution is -0.127. The molecule has 302 valence electrons. The molecular weight excluding hydrogens is 652 g/mol. The first-order chi connectivity index (χ1) is 24.8. The zero-order chi connectivity index (χ0) is 41.9. The Kier molecular flexibility index (Phi) is 30.7. The first-order valence-corrected chi connectivity index (χ1v) is 20.5. The number of allylic oxidation sites excluding steroid dienone is 8. The third-order valence-corrected chi connectivity index (χ3v) is 8.76. The lowest BCUT2D eigenvalue weighted by Gasteiger charge is -2.31. The van der Waals surface area contributed by atoms with Crippen LogP contribution in [0.2, 0.25) is 0 Å². The molecule has 4 heteroatoms. The van der Waals surface area contributed by atoms with Crippen LogP contribution in [-0.4, -0.2) is 12.0 Å². The number of aliphatic imine (C=N–C) groups is 1. The van der Waals surface area contributed by atoms with Gasteiger partial charge in [0.2, 0.25) is 0 Å². The third kappa shape index (κ3) is 21.3. The van der Waals surface area contributed by atoms with Crippen LogP contribution in [0.1, 0.15) is 173 Å². The van der Waals surface area contributed by atoms with Crippen LogP contribution in [0, 0.1) is 30.6 Å². The molecule has 0 radical (unpaired) electrons. The first kappa shape index (κ1) is 54.1. The number of hydrogen-bond acceptors (Lipinski definition) is 3. The fraction of sp³-hybridized carbons (Fsp3) is 0.592. The highest BCUT2D eigenvalue weighted by Crippen LogP contribution is 2.35. The van der Waals surface area contributed by atoms with Crippen molar-refractivity contribution in [1.82, 2.24) is 5.32 Å². The van der Waals surface area contributed by atoms with E-state index < -0.39 is 11.2 Å². The van der Waals surface area contributed by atoms with E-state index in [-0.39, 0.29) is 11.7 Å². The van der Waals surface area contributed by atoms with E-state index in [4.69, 9.17) is 0 Å². The number of aryl methyl sites for hydroxylation is 1. The molecule has 1 atom stereocenters. The largest absolute Gasteiger partial charge is 0.356 e. The molecule has 1 N–H and O–H groups in total. The Morgan fingerprint density at radius 2 is 1.58 bits per heavy atom. The highest BCUT2D eigenvalue weighted by molar-refractivity contribution is 5.91. The maximum atomic E-state index is 14.3. The predicted octanol–water partition coefficient (Wildman–Crippen LogP) is 15.6. The number of nitrogens with zero attached hydrogens (tertiary/aromatic N) is 1. The molecule has 3 nitrogen and oxygen atoms in total. The highest BCUT2D eigenvalue weighted by atomic mass is 19.1. The second-order valence-corrected chi connectivity index (χ2v) is 15.2. The lowest BCUT2D eigenvalue weighted by atomic mass is 9.73. The summed E-state index contributed by atoms with van der Waals surface area (Å²) in [6, 6.07) is 6.14. The van der Waals surface area contributed by atoms with E-state index in [1.54, 1.807) is 12.2 Å². The molecule has 1 aliphatic carbocycles. The fourth-order valence-corrected chi connectivity index (χ4v) is 5.53.